The fraction of sp³-hybridized carbons (Fsp3) is 0.500. The zero-order chi connectivity index (χ0) is 15.4. The van der Waals surface area contributed by atoms with Crippen molar-refractivity contribution < 1.29 is 22.7 Å². The second-order valence-electron chi connectivity index (χ2n) is 5.07. The van der Waals surface area contributed by atoms with Crippen molar-refractivity contribution in [2.24, 2.45) is 11.7 Å². The van der Waals surface area contributed by atoms with Crippen LogP contribution < -0.4 is 15.8 Å². The van der Waals surface area contributed by atoms with E-state index >= 15 is 0 Å². The first-order chi connectivity index (χ1) is 9.97. The Morgan fingerprint density at radius 1 is 1.33 bits per heavy atom. The third kappa shape index (κ3) is 4.10. The molecule has 116 valence electrons. The number of anilines is 1. The van der Waals surface area contributed by atoms with Crippen molar-refractivity contribution >= 4 is 11.6 Å². The number of hydrogen-bond donors (Lipinski definition) is 2. The molecule has 2 unspecified atom stereocenters. The van der Waals surface area contributed by atoms with Crippen LogP contribution in [0.2, 0.25) is 0 Å². The highest BCUT2D eigenvalue weighted by Gasteiger charge is 2.28. The molecule has 1 saturated carbocycles. The Labute approximate surface area is 120 Å². The highest BCUT2D eigenvalue weighted by Crippen LogP contribution is 2.26. The number of halogens is 3. The molecule has 0 spiro atoms. The Morgan fingerprint density at radius 2 is 2.05 bits per heavy atom. The third-order valence-corrected chi connectivity index (χ3v) is 3.57. The summed E-state index contributed by atoms with van der Waals surface area (Å²) < 4.78 is 41.6. The molecule has 0 bridgehead atoms. The Hall–Kier alpha value is -1.76. The Bertz CT molecular complexity index is 511. The van der Waals surface area contributed by atoms with Gasteiger partial charge in [-0.2, -0.15) is 8.78 Å². The van der Waals surface area contributed by atoms with Crippen molar-refractivity contribution in [3.63, 3.8) is 0 Å². The number of amides is 1. The average Bonchev–Trinajstić information content (AvgIpc) is 2.42. The van der Waals surface area contributed by atoms with Gasteiger partial charge in [0.1, 0.15) is 0 Å². The lowest BCUT2D eigenvalue weighted by molar-refractivity contribution is -0.121. The lowest BCUT2D eigenvalue weighted by atomic mass is 9.84. The molecule has 4 nitrogen and oxygen atoms in total. The van der Waals surface area contributed by atoms with Gasteiger partial charge in [0.15, 0.2) is 11.6 Å². The predicted molar refractivity (Wildman–Crippen MR) is 71.6 cm³/mol. The first kappa shape index (κ1) is 15.6. The maximum atomic E-state index is 13.5. The topological polar surface area (TPSA) is 64.4 Å². The number of nitrogens with two attached hydrogens (primary N) is 1. The third-order valence-electron chi connectivity index (χ3n) is 3.57. The van der Waals surface area contributed by atoms with E-state index < -0.39 is 18.2 Å². The van der Waals surface area contributed by atoms with Crippen molar-refractivity contribution in [1.82, 2.24) is 0 Å². The second kappa shape index (κ2) is 6.80. The van der Waals surface area contributed by atoms with E-state index in [1.165, 1.54) is 6.07 Å². The van der Waals surface area contributed by atoms with Crippen LogP contribution >= 0.6 is 0 Å². The van der Waals surface area contributed by atoms with Crippen molar-refractivity contribution in [1.29, 1.82) is 0 Å². The van der Waals surface area contributed by atoms with E-state index in [0.29, 0.717) is 6.42 Å². The second-order valence-corrected chi connectivity index (χ2v) is 5.07. The van der Waals surface area contributed by atoms with Crippen LogP contribution in [0.25, 0.3) is 0 Å². The van der Waals surface area contributed by atoms with Crippen LogP contribution in [0, 0.1) is 11.7 Å². The Balaban J connectivity index is 2.02. The molecule has 0 radical (unpaired) electrons. The SMILES string of the molecule is NC1CCCCC1C(=O)Nc1ccc(OC(F)F)c(F)c1. The molecule has 1 amide bonds. The van der Waals surface area contributed by atoms with Gasteiger partial charge in [-0.3, -0.25) is 4.79 Å². The highest BCUT2D eigenvalue weighted by atomic mass is 19.3. The maximum absolute atomic E-state index is 13.5. The van der Waals surface area contributed by atoms with Crippen molar-refractivity contribution in [2.45, 2.75) is 38.3 Å². The van der Waals surface area contributed by atoms with Crippen LogP contribution in [-0.2, 0) is 4.79 Å². The van der Waals surface area contributed by atoms with Crippen LogP contribution in [0.4, 0.5) is 18.9 Å². The van der Waals surface area contributed by atoms with Gasteiger partial charge in [0.05, 0.1) is 5.92 Å². The Morgan fingerprint density at radius 3 is 2.67 bits per heavy atom. The summed E-state index contributed by atoms with van der Waals surface area (Å²) in [7, 11) is 0. The summed E-state index contributed by atoms with van der Waals surface area (Å²) in [6, 6.07) is 3.11. The summed E-state index contributed by atoms with van der Waals surface area (Å²) in [5, 5.41) is 2.56. The maximum Gasteiger partial charge on any atom is 0.387 e. The smallest absolute Gasteiger partial charge is 0.387 e. The van der Waals surface area contributed by atoms with Crippen molar-refractivity contribution in [3.8, 4) is 5.75 Å². The molecule has 1 aliphatic carbocycles. The van der Waals surface area contributed by atoms with E-state index in [1.807, 2.05) is 0 Å². The van der Waals surface area contributed by atoms with Gasteiger partial charge in [0, 0.05) is 17.8 Å². The summed E-state index contributed by atoms with van der Waals surface area (Å²) in [5.74, 6) is -2.10. The fourth-order valence-electron chi connectivity index (χ4n) is 2.49. The molecule has 2 rings (SSSR count). The first-order valence-electron chi connectivity index (χ1n) is 6.78. The number of benzene rings is 1. The molecular formula is C14H17F3N2O2. The van der Waals surface area contributed by atoms with Gasteiger partial charge in [-0.1, -0.05) is 12.8 Å². The zero-order valence-electron chi connectivity index (χ0n) is 11.3. The number of carbonyl (C=O) groups excluding carboxylic acids is 1. The van der Waals surface area contributed by atoms with Gasteiger partial charge in [-0.05, 0) is 25.0 Å². The summed E-state index contributed by atoms with van der Waals surface area (Å²) in [6.45, 7) is -3.10. The molecule has 3 N–H and O–H groups in total. The van der Waals surface area contributed by atoms with E-state index in [9.17, 15) is 18.0 Å². The molecule has 0 heterocycles. The fourth-order valence-corrected chi connectivity index (χ4v) is 2.49. The standard InChI is InChI=1S/C14H17F3N2O2/c15-10-7-8(5-6-12(10)21-14(16)17)19-13(20)9-3-1-2-4-11(9)18/h5-7,9,11,14H,1-4,18H2,(H,19,20). The molecule has 21 heavy (non-hydrogen) atoms. The van der Waals surface area contributed by atoms with Gasteiger partial charge in [-0.15, -0.1) is 0 Å². The van der Waals surface area contributed by atoms with Crippen LogP contribution in [0.1, 0.15) is 25.7 Å². The number of ether oxygens (including phenoxy) is 1. The summed E-state index contributed by atoms with van der Waals surface area (Å²) in [6.07, 6.45) is 3.41. The van der Waals surface area contributed by atoms with Gasteiger partial charge in [-0.25, -0.2) is 4.39 Å². The van der Waals surface area contributed by atoms with Gasteiger partial charge < -0.3 is 15.8 Å². The molecule has 7 heteroatoms. The Kier molecular flexibility index (Phi) is 5.06. The molecule has 1 aliphatic rings. The average molecular weight is 302 g/mol. The van der Waals surface area contributed by atoms with Gasteiger partial charge in [0.2, 0.25) is 5.91 Å². The number of carbonyl (C=O) groups is 1. The molecule has 1 fully saturated rings. The number of alkyl halides is 2. The molecule has 0 saturated heterocycles. The normalized spacial score (nSPS) is 22.1. The van der Waals surface area contributed by atoms with Crippen molar-refractivity contribution in [2.75, 3.05) is 5.32 Å². The van der Waals surface area contributed by atoms with E-state index in [4.69, 9.17) is 5.73 Å². The summed E-state index contributed by atoms with van der Waals surface area (Å²) in [5.41, 5.74) is 6.10. The van der Waals surface area contributed by atoms with E-state index in [1.54, 1.807) is 0 Å². The van der Waals surface area contributed by atoms with E-state index in [-0.39, 0.29) is 23.6 Å². The minimum Gasteiger partial charge on any atom is -0.432 e. The summed E-state index contributed by atoms with van der Waals surface area (Å²) in [4.78, 5) is 12.1. The summed E-state index contributed by atoms with van der Waals surface area (Å²) >= 11 is 0. The molecule has 1 aromatic carbocycles. The zero-order valence-corrected chi connectivity index (χ0v) is 11.3. The molecule has 1 aromatic rings. The molecule has 2 atom stereocenters. The number of nitrogens with one attached hydrogen (secondary N) is 1. The highest BCUT2D eigenvalue weighted by molar-refractivity contribution is 5.93. The monoisotopic (exact) mass is 302 g/mol. The van der Waals surface area contributed by atoms with E-state index in [2.05, 4.69) is 10.1 Å². The van der Waals surface area contributed by atoms with Gasteiger partial charge >= 0.3 is 6.61 Å². The van der Waals surface area contributed by atoms with Crippen LogP contribution in [0.15, 0.2) is 18.2 Å². The van der Waals surface area contributed by atoms with Crippen LogP contribution in [0.3, 0.4) is 0 Å². The molecule has 0 aromatic heterocycles. The van der Waals surface area contributed by atoms with Crippen LogP contribution in [-0.4, -0.2) is 18.6 Å². The van der Waals surface area contributed by atoms with Crippen LogP contribution in [0.5, 0.6) is 5.75 Å². The quantitative estimate of drug-likeness (QED) is 0.899. The minimum atomic E-state index is -3.10. The minimum absolute atomic E-state index is 0.192. The van der Waals surface area contributed by atoms with Crippen molar-refractivity contribution in [3.05, 3.63) is 24.0 Å². The molecular weight excluding hydrogens is 285 g/mol. The van der Waals surface area contributed by atoms with E-state index in [0.717, 1.165) is 31.4 Å². The largest absolute Gasteiger partial charge is 0.432 e. The van der Waals surface area contributed by atoms with Gasteiger partial charge in [0.25, 0.3) is 0 Å². The first-order valence-corrected chi connectivity index (χ1v) is 6.78. The lowest BCUT2D eigenvalue weighted by Gasteiger charge is -2.27. The lowest BCUT2D eigenvalue weighted by Crippen LogP contribution is -2.40. The number of hydrogen-bond acceptors (Lipinski definition) is 3. The molecule has 0 aliphatic heterocycles. The number of rotatable bonds is 4. The predicted octanol–water partition coefficient (Wildman–Crippen LogP) is 2.88.